The summed E-state index contributed by atoms with van der Waals surface area (Å²) in [5.41, 5.74) is 0.969. The molecule has 6 nitrogen and oxygen atoms in total. The van der Waals surface area contributed by atoms with Crippen LogP contribution in [0.1, 0.15) is 0 Å². The minimum absolute atomic E-state index is 0.116. The van der Waals surface area contributed by atoms with Crippen LogP contribution < -0.4 is 25.8 Å². The third-order valence-electron chi connectivity index (χ3n) is 3.29. The molecular weight excluding hydrogens is 272 g/mol. The number of aliphatic hydroxyl groups excluding tert-OH is 1. The summed E-state index contributed by atoms with van der Waals surface area (Å²) in [6, 6.07) is 5.42. The van der Waals surface area contributed by atoms with Crippen LogP contribution >= 0.6 is 0 Å². The molecule has 0 atom stereocenters. The molecule has 0 aliphatic carbocycles. The number of aliphatic hydroxyl groups is 1. The molecule has 0 amide bonds. The zero-order chi connectivity index (χ0) is 15.6. The van der Waals surface area contributed by atoms with Crippen LogP contribution in [0.3, 0.4) is 0 Å². The van der Waals surface area contributed by atoms with Gasteiger partial charge in [-0.1, -0.05) is 0 Å². The fourth-order valence-corrected chi connectivity index (χ4v) is 2.16. The topological polar surface area (TPSA) is 78.9 Å². The molecule has 2 N–H and O–H groups in total. The molecule has 0 heterocycles. The first-order valence-electron chi connectivity index (χ1n) is 6.55. The number of benzene rings is 1. The van der Waals surface area contributed by atoms with Gasteiger partial charge in [-0.2, -0.15) is 0 Å². The summed E-state index contributed by atoms with van der Waals surface area (Å²) in [5.74, 6) is 0.528. The monoisotopic (exact) mass is 290 g/mol. The van der Waals surface area contributed by atoms with Crippen molar-refractivity contribution in [2.24, 2.45) is 0 Å². The number of hydrogen-bond donors (Lipinski definition) is 2. The van der Waals surface area contributed by atoms with E-state index in [1.54, 1.807) is 6.07 Å². The summed E-state index contributed by atoms with van der Waals surface area (Å²) in [6.07, 6.45) is 0. The van der Waals surface area contributed by atoms with E-state index < -0.39 is 10.9 Å². The average molecular weight is 290 g/mol. The second-order valence-electron chi connectivity index (χ2n) is 4.84. The molecule has 0 saturated heterocycles. The summed E-state index contributed by atoms with van der Waals surface area (Å²) < 4.78 is 5.33. The molecule has 0 saturated carbocycles. The fourth-order valence-electron chi connectivity index (χ4n) is 2.16. The predicted molar refractivity (Wildman–Crippen MR) is 83.2 cm³/mol. The first kappa shape index (κ1) is 15.1. The van der Waals surface area contributed by atoms with E-state index in [1.165, 1.54) is 7.11 Å². The quantitative estimate of drug-likeness (QED) is 0.751. The molecule has 2 aromatic rings. The van der Waals surface area contributed by atoms with E-state index in [2.05, 4.69) is 5.32 Å². The number of nitrogens with zero attached hydrogens (tertiary/aromatic N) is 1. The lowest BCUT2D eigenvalue weighted by molar-refractivity contribution is 0.311. The van der Waals surface area contributed by atoms with Crippen LogP contribution in [0, 0.1) is 0 Å². The highest BCUT2D eigenvalue weighted by Crippen LogP contribution is 2.34. The van der Waals surface area contributed by atoms with Gasteiger partial charge in [0.2, 0.25) is 10.9 Å². The van der Waals surface area contributed by atoms with E-state index in [4.69, 9.17) is 9.84 Å². The van der Waals surface area contributed by atoms with Crippen molar-refractivity contribution in [1.82, 2.24) is 0 Å². The molecule has 0 radical (unpaired) electrons. The molecule has 6 heteroatoms. The first-order chi connectivity index (χ1) is 10.0. The Morgan fingerprint density at radius 2 is 1.95 bits per heavy atom. The van der Waals surface area contributed by atoms with E-state index in [0.717, 1.165) is 5.69 Å². The molecule has 0 spiro atoms. The SMILES string of the molecule is COc1cc(N(C)C)ccc1-c1c(NCCO)c(=O)c1=O. The third kappa shape index (κ3) is 2.62. The van der Waals surface area contributed by atoms with E-state index in [1.807, 2.05) is 31.1 Å². The van der Waals surface area contributed by atoms with Gasteiger partial charge in [0, 0.05) is 38.0 Å². The van der Waals surface area contributed by atoms with E-state index in [-0.39, 0.29) is 18.8 Å². The Hall–Kier alpha value is -2.34. The van der Waals surface area contributed by atoms with Crippen molar-refractivity contribution in [3.8, 4) is 16.9 Å². The average Bonchev–Trinajstić information content (AvgIpc) is 2.50. The summed E-state index contributed by atoms with van der Waals surface area (Å²) in [7, 11) is 5.32. The Morgan fingerprint density at radius 1 is 1.24 bits per heavy atom. The molecule has 21 heavy (non-hydrogen) atoms. The molecule has 0 aliphatic rings. The Balaban J connectivity index is 2.50. The number of hydrogen-bond acceptors (Lipinski definition) is 6. The van der Waals surface area contributed by atoms with Gasteiger partial charge in [-0.15, -0.1) is 0 Å². The number of ether oxygens (including phenoxy) is 1. The second-order valence-corrected chi connectivity index (χ2v) is 4.84. The molecule has 0 bridgehead atoms. The summed E-state index contributed by atoms with van der Waals surface area (Å²) >= 11 is 0. The Kier molecular flexibility index (Phi) is 4.28. The van der Waals surface area contributed by atoms with Crippen molar-refractivity contribution in [2.75, 3.05) is 44.6 Å². The highest BCUT2D eigenvalue weighted by Gasteiger charge is 2.24. The molecular formula is C15H18N2O4. The summed E-state index contributed by atoms with van der Waals surface area (Å²) in [6.45, 7) is 0.102. The van der Waals surface area contributed by atoms with Gasteiger partial charge >= 0.3 is 0 Å². The largest absolute Gasteiger partial charge is 0.496 e. The van der Waals surface area contributed by atoms with Crippen molar-refractivity contribution in [1.29, 1.82) is 0 Å². The van der Waals surface area contributed by atoms with Crippen LogP contribution in [0.2, 0.25) is 0 Å². The van der Waals surface area contributed by atoms with Crippen LogP contribution in [-0.2, 0) is 0 Å². The Bertz CT molecular complexity index is 715. The number of rotatable bonds is 6. The lowest BCUT2D eigenvalue weighted by Gasteiger charge is -2.18. The van der Waals surface area contributed by atoms with Gasteiger partial charge in [0.25, 0.3) is 0 Å². The van der Waals surface area contributed by atoms with Crippen molar-refractivity contribution < 1.29 is 9.84 Å². The van der Waals surface area contributed by atoms with Gasteiger partial charge in [0.1, 0.15) is 5.75 Å². The molecule has 2 rings (SSSR count). The maximum Gasteiger partial charge on any atom is 0.250 e. The van der Waals surface area contributed by atoms with Crippen LogP contribution in [0.15, 0.2) is 27.8 Å². The minimum Gasteiger partial charge on any atom is -0.496 e. The predicted octanol–water partition coefficient (Wildman–Crippen LogP) is 0.428. The molecule has 0 aliphatic heterocycles. The standard InChI is InChI=1S/C15H18N2O4/c1-17(2)9-4-5-10(11(8-9)21-3)12-13(16-6-7-18)15(20)14(12)19/h4-5,8,16,18H,6-7H2,1-3H3. The van der Waals surface area contributed by atoms with Crippen LogP contribution in [0.4, 0.5) is 11.4 Å². The van der Waals surface area contributed by atoms with Crippen molar-refractivity contribution in [3.05, 3.63) is 38.6 Å². The summed E-state index contributed by atoms with van der Waals surface area (Å²) in [4.78, 5) is 25.4. The van der Waals surface area contributed by atoms with Gasteiger partial charge in [0.15, 0.2) is 0 Å². The molecule has 2 aromatic carbocycles. The van der Waals surface area contributed by atoms with Gasteiger partial charge in [-0.25, -0.2) is 0 Å². The number of anilines is 2. The van der Waals surface area contributed by atoms with E-state index in [0.29, 0.717) is 16.9 Å². The second kappa shape index (κ2) is 5.97. The third-order valence-corrected chi connectivity index (χ3v) is 3.29. The maximum atomic E-state index is 11.8. The zero-order valence-corrected chi connectivity index (χ0v) is 12.3. The van der Waals surface area contributed by atoms with Gasteiger partial charge in [-0.05, 0) is 12.1 Å². The van der Waals surface area contributed by atoms with E-state index >= 15 is 0 Å². The molecule has 0 unspecified atom stereocenters. The first-order valence-corrected chi connectivity index (χ1v) is 6.55. The van der Waals surface area contributed by atoms with E-state index in [9.17, 15) is 9.59 Å². The Labute approximate surface area is 122 Å². The fraction of sp³-hybridized carbons (Fsp3) is 0.333. The zero-order valence-electron chi connectivity index (χ0n) is 12.3. The Morgan fingerprint density at radius 3 is 2.52 bits per heavy atom. The van der Waals surface area contributed by atoms with Crippen LogP contribution in [0.25, 0.3) is 11.1 Å². The number of methoxy groups -OCH3 is 1. The highest BCUT2D eigenvalue weighted by molar-refractivity contribution is 5.86. The van der Waals surface area contributed by atoms with Gasteiger partial charge < -0.3 is 20.1 Å². The van der Waals surface area contributed by atoms with Crippen LogP contribution in [0.5, 0.6) is 5.75 Å². The molecule has 0 aromatic heterocycles. The molecule has 0 fully saturated rings. The molecule has 112 valence electrons. The summed E-state index contributed by atoms with van der Waals surface area (Å²) in [5, 5.41) is 11.6. The highest BCUT2D eigenvalue weighted by atomic mass is 16.5. The van der Waals surface area contributed by atoms with Gasteiger partial charge in [-0.3, -0.25) is 9.59 Å². The minimum atomic E-state index is -0.558. The normalized spacial score (nSPS) is 10.7. The number of nitrogens with one attached hydrogen (secondary N) is 1. The van der Waals surface area contributed by atoms with Crippen molar-refractivity contribution in [3.63, 3.8) is 0 Å². The van der Waals surface area contributed by atoms with Crippen molar-refractivity contribution >= 4 is 11.4 Å². The smallest absolute Gasteiger partial charge is 0.250 e. The lowest BCUT2D eigenvalue weighted by Crippen LogP contribution is -2.36. The van der Waals surface area contributed by atoms with Crippen molar-refractivity contribution in [2.45, 2.75) is 0 Å². The lowest BCUT2D eigenvalue weighted by atomic mass is 9.97. The maximum absolute atomic E-state index is 11.8. The van der Waals surface area contributed by atoms with Gasteiger partial charge in [0.05, 0.1) is 25.0 Å². The van der Waals surface area contributed by atoms with Crippen LogP contribution in [-0.4, -0.2) is 39.5 Å².